The lowest BCUT2D eigenvalue weighted by Crippen LogP contribution is -2.50. The number of aliphatic hydroxyl groups excluding tert-OH is 1. The Hall–Kier alpha value is -1.58. The zero-order valence-electron chi connectivity index (χ0n) is 16.3. The van der Waals surface area contributed by atoms with E-state index in [0.717, 1.165) is 0 Å². The molecule has 1 fully saturated rings. The largest absolute Gasteiger partial charge is 0.464 e. The molecule has 3 atom stereocenters. The van der Waals surface area contributed by atoms with Gasteiger partial charge in [-0.1, -0.05) is 20.8 Å². The molecular weight excluding hydrogens is 358 g/mol. The van der Waals surface area contributed by atoms with E-state index in [1.165, 1.54) is 0 Å². The Bertz CT molecular complexity index is 663. The summed E-state index contributed by atoms with van der Waals surface area (Å²) in [6, 6.07) is 0. The lowest BCUT2D eigenvalue weighted by atomic mass is 10.0. The maximum absolute atomic E-state index is 12.2. The molecule has 9 nitrogen and oxygen atoms in total. The molecule has 0 unspecified atom stereocenters. The molecule has 0 aromatic rings. The molecule has 10 heteroatoms. The Balaban J connectivity index is 2.23. The van der Waals surface area contributed by atoms with Crippen molar-refractivity contribution in [3.8, 4) is 0 Å². The van der Waals surface area contributed by atoms with Gasteiger partial charge < -0.3 is 23.7 Å². The summed E-state index contributed by atoms with van der Waals surface area (Å²) in [7, 11) is -2.09. The minimum absolute atomic E-state index is 0.00113. The van der Waals surface area contributed by atoms with Crippen LogP contribution in [0, 0.1) is 0 Å². The van der Waals surface area contributed by atoms with Crippen LogP contribution in [-0.2, 0) is 23.4 Å². The molecule has 2 rings (SSSR count). The van der Waals surface area contributed by atoms with Crippen LogP contribution in [0.3, 0.4) is 0 Å². The second-order valence-electron chi connectivity index (χ2n) is 8.45. The third-order valence-electron chi connectivity index (χ3n) is 4.94. The first-order valence-electron chi connectivity index (χ1n) is 8.48. The van der Waals surface area contributed by atoms with E-state index in [2.05, 4.69) is 43.9 Å². The SMILES string of the molecule is CC1(C)OC2=C(N=[N+]=[N-])C(=O)O[C@H]([C@@H](O)CO[Si](C)(C)C(C)(C)C)[C@H]2O1. The number of carbonyl (C=O) groups excluding carboxylic acids is 1. The van der Waals surface area contributed by atoms with Crippen LogP contribution in [0.15, 0.2) is 16.6 Å². The number of carbonyl (C=O) groups is 1. The fourth-order valence-electron chi connectivity index (χ4n) is 2.47. The van der Waals surface area contributed by atoms with Gasteiger partial charge in [0.25, 0.3) is 0 Å². The van der Waals surface area contributed by atoms with Gasteiger partial charge in [0.05, 0.1) is 6.61 Å². The lowest BCUT2D eigenvalue weighted by molar-refractivity contribution is -0.181. The predicted molar refractivity (Wildman–Crippen MR) is 95.2 cm³/mol. The molecule has 2 aliphatic heterocycles. The fourth-order valence-corrected chi connectivity index (χ4v) is 3.49. The number of fused-ring (bicyclic) bond motifs is 1. The van der Waals surface area contributed by atoms with E-state index in [1.54, 1.807) is 13.8 Å². The third-order valence-corrected chi connectivity index (χ3v) is 9.44. The van der Waals surface area contributed by atoms with Crippen LogP contribution in [0.4, 0.5) is 0 Å². The summed E-state index contributed by atoms with van der Waals surface area (Å²) in [5.74, 6) is -1.81. The standard InChI is InChI=1S/C16H27N3O6Si/c1-15(2,3)26(6,7)22-8-9(20)11-13-12(24-16(4,5)25-13)10(18-19-17)14(21)23-11/h9,11,13,20H,8H2,1-7H3/t9-,11+,13+/m0/s1. The molecule has 0 saturated carbocycles. The first-order valence-corrected chi connectivity index (χ1v) is 11.4. The average Bonchev–Trinajstić information content (AvgIpc) is 2.81. The number of ether oxygens (including phenoxy) is 3. The van der Waals surface area contributed by atoms with E-state index >= 15 is 0 Å². The zero-order chi connectivity index (χ0) is 19.9. The number of azide groups is 1. The Morgan fingerprint density at radius 2 is 2.04 bits per heavy atom. The normalized spacial score (nSPS) is 26.5. The van der Waals surface area contributed by atoms with Gasteiger partial charge in [0.2, 0.25) is 5.79 Å². The Morgan fingerprint density at radius 1 is 1.42 bits per heavy atom. The van der Waals surface area contributed by atoms with Crippen LogP contribution in [0.5, 0.6) is 0 Å². The number of hydrogen-bond donors (Lipinski definition) is 1. The molecule has 146 valence electrons. The molecule has 2 aliphatic rings. The van der Waals surface area contributed by atoms with E-state index in [4.69, 9.17) is 24.2 Å². The summed E-state index contributed by atoms with van der Waals surface area (Å²) in [5.41, 5.74) is 8.39. The molecule has 1 saturated heterocycles. The highest BCUT2D eigenvalue weighted by Gasteiger charge is 2.52. The maximum atomic E-state index is 12.2. The summed E-state index contributed by atoms with van der Waals surface area (Å²) in [6.45, 7) is 13.7. The number of cyclic esters (lactones) is 1. The first kappa shape index (κ1) is 20.7. The molecule has 0 spiro atoms. The second-order valence-corrected chi connectivity index (χ2v) is 13.3. The van der Waals surface area contributed by atoms with Crippen molar-refractivity contribution in [2.45, 2.75) is 76.8 Å². The minimum atomic E-state index is -2.09. The molecule has 26 heavy (non-hydrogen) atoms. The van der Waals surface area contributed by atoms with Gasteiger partial charge in [-0.25, -0.2) is 4.79 Å². The molecule has 2 heterocycles. The molecule has 0 radical (unpaired) electrons. The highest BCUT2D eigenvalue weighted by Crippen LogP contribution is 2.41. The molecule has 0 bridgehead atoms. The van der Waals surface area contributed by atoms with Crippen LogP contribution < -0.4 is 0 Å². The van der Waals surface area contributed by atoms with Crippen molar-refractivity contribution < 1.29 is 28.5 Å². The van der Waals surface area contributed by atoms with Crippen LogP contribution in [-0.4, -0.2) is 50.1 Å². The van der Waals surface area contributed by atoms with Crippen molar-refractivity contribution in [2.75, 3.05) is 6.61 Å². The van der Waals surface area contributed by atoms with Crippen molar-refractivity contribution in [2.24, 2.45) is 5.11 Å². The number of nitrogens with zero attached hydrogens (tertiary/aromatic N) is 3. The number of rotatable bonds is 5. The summed E-state index contributed by atoms with van der Waals surface area (Å²) in [4.78, 5) is 14.8. The summed E-state index contributed by atoms with van der Waals surface area (Å²) in [6.07, 6.45) is -2.99. The van der Waals surface area contributed by atoms with E-state index in [-0.39, 0.29) is 23.1 Å². The highest BCUT2D eigenvalue weighted by atomic mass is 28.4. The van der Waals surface area contributed by atoms with Crippen molar-refractivity contribution in [1.82, 2.24) is 0 Å². The molecule has 0 aromatic carbocycles. The molecule has 0 amide bonds. The van der Waals surface area contributed by atoms with Gasteiger partial charge in [0, 0.05) is 18.8 Å². The van der Waals surface area contributed by atoms with E-state index in [1.807, 2.05) is 0 Å². The van der Waals surface area contributed by atoms with Crippen molar-refractivity contribution >= 4 is 14.3 Å². The second kappa shape index (κ2) is 6.86. The van der Waals surface area contributed by atoms with Crippen LogP contribution in [0.1, 0.15) is 34.6 Å². The summed E-state index contributed by atoms with van der Waals surface area (Å²) >= 11 is 0. The van der Waals surface area contributed by atoms with Crippen molar-refractivity contribution in [3.63, 3.8) is 0 Å². The lowest BCUT2D eigenvalue weighted by Gasteiger charge is -2.38. The van der Waals surface area contributed by atoms with Gasteiger partial charge in [0.15, 0.2) is 26.2 Å². The Kier molecular flexibility index (Phi) is 5.47. The van der Waals surface area contributed by atoms with E-state index in [9.17, 15) is 9.90 Å². The van der Waals surface area contributed by atoms with E-state index in [0.29, 0.717) is 0 Å². The molecule has 0 aliphatic carbocycles. The van der Waals surface area contributed by atoms with Gasteiger partial charge in [-0.3, -0.25) is 0 Å². The van der Waals surface area contributed by atoms with Crippen LogP contribution in [0.25, 0.3) is 10.4 Å². The average molecular weight is 385 g/mol. The molecular formula is C16H27N3O6Si. The zero-order valence-corrected chi connectivity index (χ0v) is 17.3. The quantitative estimate of drug-likeness (QED) is 0.255. The highest BCUT2D eigenvalue weighted by molar-refractivity contribution is 6.74. The summed E-state index contributed by atoms with van der Waals surface area (Å²) < 4.78 is 22.7. The van der Waals surface area contributed by atoms with Crippen molar-refractivity contribution in [1.29, 1.82) is 0 Å². The van der Waals surface area contributed by atoms with E-state index < -0.39 is 38.4 Å². The fraction of sp³-hybridized carbons (Fsp3) is 0.812. The van der Waals surface area contributed by atoms with Crippen molar-refractivity contribution in [3.05, 3.63) is 21.9 Å². The number of hydrogen-bond acceptors (Lipinski definition) is 7. The Labute approximate surface area is 154 Å². The van der Waals surface area contributed by atoms with Gasteiger partial charge >= 0.3 is 5.97 Å². The monoisotopic (exact) mass is 385 g/mol. The van der Waals surface area contributed by atoms with Gasteiger partial charge in [-0.2, -0.15) is 0 Å². The number of aliphatic hydroxyl groups is 1. The summed E-state index contributed by atoms with van der Waals surface area (Å²) in [5, 5.41) is 13.9. The molecule has 0 aromatic heterocycles. The topological polar surface area (TPSA) is 123 Å². The molecule has 1 N–H and O–H groups in total. The smallest absolute Gasteiger partial charge is 0.344 e. The predicted octanol–water partition coefficient (Wildman–Crippen LogP) is 2.97. The van der Waals surface area contributed by atoms with Gasteiger partial charge in [0.1, 0.15) is 11.9 Å². The minimum Gasteiger partial charge on any atom is -0.464 e. The maximum Gasteiger partial charge on any atom is 0.344 e. The van der Waals surface area contributed by atoms with Crippen LogP contribution in [0.2, 0.25) is 18.1 Å². The van der Waals surface area contributed by atoms with Crippen LogP contribution >= 0.6 is 0 Å². The third kappa shape index (κ3) is 4.05. The number of esters is 1. The van der Waals surface area contributed by atoms with Gasteiger partial charge in [-0.15, -0.1) is 0 Å². The first-order chi connectivity index (χ1) is 11.8. The Morgan fingerprint density at radius 3 is 2.58 bits per heavy atom. The van der Waals surface area contributed by atoms with Gasteiger partial charge in [-0.05, 0) is 28.8 Å².